The molecule has 0 saturated heterocycles. The van der Waals surface area contributed by atoms with Crippen molar-refractivity contribution in [3.63, 3.8) is 0 Å². The van der Waals surface area contributed by atoms with Gasteiger partial charge >= 0.3 is 0 Å². The lowest BCUT2D eigenvalue weighted by molar-refractivity contribution is -0.118. The zero-order valence-corrected chi connectivity index (χ0v) is 12.9. The maximum atomic E-state index is 11.8. The number of aliphatic hydroxyl groups excluding tert-OH is 1. The second-order valence-corrected chi connectivity index (χ2v) is 5.68. The van der Waals surface area contributed by atoms with Crippen LogP contribution in [0.1, 0.15) is 32.3 Å². The minimum Gasteiger partial charge on any atom is -0.396 e. The zero-order valence-electron chi connectivity index (χ0n) is 11.3. The number of hydrogen-bond donors (Lipinski definition) is 2. The Kier molecular flexibility index (Phi) is 6.25. The van der Waals surface area contributed by atoms with E-state index < -0.39 is 0 Å². The SMILES string of the molecule is CCC(C)(CCO)NC(=O)/C=C/c1ccc(Br)cc1. The molecule has 0 aliphatic rings. The van der Waals surface area contributed by atoms with Crippen LogP contribution < -0.4 is 5.32 Å². The molecule has 1 atom stereocenters. The highest BCUT2D eigenvalue weighted by Gasteiger charge is 2.22. The first-order chi connectivity index (χ1) is 8.99. The molecule has 1 aromatic carbocycles. The van der Waals surface area contributed by atoms with Gasteiger partial charge in [-0.05, 0) is 43.5 Å². The van der Waals surface area contributed by atoms with Crippen LogP contribution in [-0.4, -0.2) is 23.2 Å². The average Bonchev–Trinajstić information content (AvgIpc) is 2.38. The largest absolute Gasteiger partial charge is 0.396 e. The van der Waals surface area contributed by atoms with Gasteiger partial charge in [0.05, 0.1) is 0 Å². The van der Waals surface area contributed by atoms with Gasteiger partial charge in [0.2, 0.25) is 5.91 Å². The van der Waals surface area contributed by atoms with E-state index in [0.717, 1.165) is 16.5 Å². The minimum absolute atomic E-state index is 0.0705. The summed E-state index contributed by atoms with van der Waals surface area (Å²) in [6, 6.07) is 7.72. The Bertz CT molecular complexity index is 442. The van der Waals surface area contributed by atoms with E-state index in [1.165, 1.54) is 6.08 Å². The van der Waals surface area contributed by atoms with E-state index in [1.807, 2.05) is 38.1 Å². The third-order valence-electron chi connectivity index (χ3n) is 3.17. The Balaban J connectivity index is 2.61. The van der Waals surface area contributed by atoms with Crippen molar-refractivity contribution >= 4 is 27.9 Å². The summed E-state index contributed by atoms with van der Waals surface area (Å²) in [5, 5.41) is 11.9. The van der Waals surface area contributed by atoms with Gasteiger partial charge in [-0.3, -0.25) is 4.79 Å². The van der Waals surface area contributed by atoms with Crippen LogP contribution in [0.25, 0.3) is 6.08 Å². The Hall–Kier alpha value is -1.13. The number of aliphatic hydroxyl groups is 1. The fraction of sp³-hybridized carbons (Fsp3) is 0.400. The fourth-order valence-electron chi connectivity index (χ4n) is 1.66. The molecule has 1 unspecified atom stereocenters. The Morgan fingerprint density at radius 1 is 1.42 bits per heavy atom. The smallest absolute Gasteiger partial charge is 0.244 e. The van der Waals surface area contributed by atoms with E-state index in [0.29, 0.717) is 6.42 Å². The van der Waals surface area contributed by atoms with E-state index in [2.05, 4.69) is 21.2 Å². The molecule has 0 fully saturated rings. The van der Waals surface area contributed by atoms with Crippen LogP contribution in [0.15, 0.2) is 34.8 Å². The lowest BCUT2D eigenvalue weighted by Crippen LogP contribution is -2.45. The van der Waals surface area contributed by atoms with Crippen molar-refractivity contribution in [2.24, 2.45) is 0 Å². The Labute approximate surface area is 122 Å². The standard InChI is InChI=1S/C15H20BrNO2/c1-3-15(2,10-11-18)17-14(19)9-6-12-4-7-13(16)8-5-12/h4-9,18H,3,10-11H2,1-2H3,(H,17,19)/b9-6+. The molecule has 0 aliphatic heterocycles. The van der Waals surface area contributed by atoms with Gasteiger partial charge in [0.25, 0.3) is 0 Å². The molecule has 104 valence electrons. The lowest BCUT2D eigenvalue weighted by atomic mass is 9.95. The molecule has 0 saturated carbocycles. The number of rotatable bonds is 6. The molecule has 0 aliphatic carbocycles. The summed E-state index contributed by atoms with van der Waals surface area (Å²) in [5.74, 6) is -0.138. The number of hydrogen-bond acceptors (Lipinski definition) is 2. The molecule has 3 nitrogen and oxygen atoms in total. The molecule has 0 bridgehead atoms. The van der Waals surface area contributed by atoms with Gasteiger partial charge in [-0.15, -0.1) is 0 Å². The van der Waals surface area contributed by atoms with Gasteiger partial charge in [0.1, 0.15) is 0 Å². The quantitative estimate of drug-likeness (QED) is 0.789. The molecule has 0 aromatic heterocycles. The zero-order chi connectivity index (χ0) is 14.3. The van der Waals surface area contributed by atoms with Crippen molar-refractivity contribution in [1.82, 2.24) is 5.32 Å². The highest BCUT2D eigenvalue weighted by molar-refractivity contribution is 9.10. The molecule has 1 aromatic rings. The number of carbonyl (C=O) groups excluding carboxylic acids is 1. The maximum Gasteiger partial charge on any atom is 0.244 e. The lowest BCUT2D eigenvalue weighted by Gasteiger charge is -2.28. The fourth-order valence-corrected chi connectivity index (χ4v) is 1.92. The van der Waals surface area contributed by atoms with Crippen molar-refractivity contribution in [2.45, 2.75) is 32.2 Å². The van der Waals surface area contributed by atoms with E-state index in [9.17, 15) is 4.79 Å². The molecular weight excluding hydrogens is 306 g/mol. The summed E-state index contributed by atoms with van der Waals surface area (Å²) >= 11 is 3.36. The summed E-state index contributed by atoms with van der Waals surface area (Å²) in [6.45, 7) is 4.00. The maximum absolute atomic E-state index is 11.8. The van der Waals surface area contributed by atoms with Crippen LogP contribution >= 0.6 is 15.9 Å². The minimum atomic E-state index is -0.351. The van der Waals surface area contributed by atoms with Gasteiger partial charge in [0.15, 0.2) is 0 Å². The monoisotopic (exact) mass is 325 g/mol. The van der Waals surface area contributed by atoms with E-state index in [1.54, 1.807) is 6.08 Å². The first-order valence-electron chi connectivity index (χ1n) is 6.36. The van der Waals surface area contributed by atoms with Crippen LogP contribution in [0.5, 0.6) is 0 Å². The van der Waals surface area contributed by atoms with Crippen molar-refractivity contribution in [3.8, 4) is 0 Å². The molecule has 0 radical (unpaired) electrons. The van der Waals surface area contributed by atoms with Crippen molar-refractivity contribution in [1.29, 1.82) is 0 Å². The van der Waals surface area contributed by atoms with E-state index in [-0.39, 0.29) is 18.1 Å². The molecular formula is C15H20BrNO2. The second kappa shape index (κ2) is 7.46. The first-order valence-corrected chi connectivity index (χ1v) is 7.15. The Morgan fingerprint density at radius 3 is 2.58 bits per heavy atom. The predicted octanol–water partition coefficient (Wildman–Crippen LogP) is 3.13. The van der Waals surface area contributed by atoms with Gasteiger partial charge in [-0.25, -0.2) is 0 Å². The van der Waals surface area contributed by atoms with Crippen LogP contribution in [0.3, 0.4) is 0 Å². The number of nitrogens with one attached hydrogen (secondary N) is 1. The van der Waals surface area contributed by atoms with Gasteiger partial charge in [-0.1, -0.05) is 35.0 Å². The van der Waals surface area contributed by atoms with Gasteiger partial charge in [-0.2, -0.15) is 0 Å². The topological polar surface area (TPSA) is 49.3 Å². The number of amides is 1. The van der Waals surface area contributed by atoms with Crippen molar-refractivity contribution in [3.05, 3.63) is 40.4 Å². The summed E-state index contributed by atoms with van der Waals surface area (Å²) < 4.78 is 1.01. The van der Waals surface area contributed by atoms with Crippen LogP contribution in [0.4, 0.5) is 0 Å². The van der Waals surface area contributed by atoms with Gasteiger partial charge < -0.3 is 10.4 Å². The first kappa shape index (κ1) is 15.9. The van der Waals surface area contributed by atoms with Crippen LogP contribution in [0.2, 0.25) is 0 Å². The molecule has 1 rings (SSSR count). The summed E-state index contributed by atoms with van der Waals surface area (Å²) in [7, 11) is 0. The molecule has 1 amide bonds. The summed E-state index contributed by atoms with van der Waals surface area (Å²) in [6.07, 6.45) is 4.64. The van der Waals surface area contributed by atoms with Crippen molar-refractivity contribution in [2.75, 3.05) is 6.61 Å². The normalized spacial score (nSPS) is 14.3. The van der Waals surface area contributed by atoms with Crippen LogP contribution in [0, 0.1) is 0 Å². The number of benzene rings is 1. The highest BCUT2D eigenvalue weighted by atomic mass is 79.9. The van der Waals surface area contributed by atoms with Crippen LogP contribution in [-0.2, 0) is 4.79 Å². The molecule has 0 spiro atoms. The summed E-state index contributed by atoms with van der Waals surface area (Å²) in [5.41, 5.74) is 0.620. The summed E-state index contributed by atoms with van der Waals surface area (Å²) in [4.78, 5) is 11.8. The van der Waals surface area contributed by atoms with E-state index >= 15 is 0 Å². The molecule has 4 heteroatoms. The third kappa shape index (κ3) is 5.57. The Morgan fingerprint density at radius 2 is 2.05 bits per heavy atom. The molecule has 19 heavy (non-hydrogen) atoms. The highest BCUT2D eigenvalue weighted by Crippen LogP contribution is 2.14. The van der Waals surface area contributed by atoms with Gasteiger partial charge in [0, 0.05) is 22.7 Å². The molecule has 0 heterocycles. The predicted molar refractivity (Wildman–Crippen MR) is 81.7 cm³/mol. The third-order valence-corrected chi connectivity index (χ3v) is 3.69. The molecule has 2 N–H and O–H groups in total. The van der Waals surface area contributed by atoms with E-state index in [4.69, 9.17) is 5.11 Å². The average molecular weight is 326 g/mol. The van der Waals surface area contributed by atoms with Crippen molar-refractivity contribution < 1.29 is 9.90 Å². The second-order valence-electron chi connectivity index (χ2n) is 4.76. The number of halogens is 1. The number of carbonyl (C=O) groups is 1.